The highest BCUT2D eigenvalue weighted by Crippen LogP contribution is 2.25. The van der Waals surface area contributed by atoms with E-state index in [0.29, 0.717) is 16.7 Å². The third kappa shape index (κ3) is 2.67. The zero-order valence-electron chi connectivity index (χ0n) is 13.1. The lowest BCUT2D eigenvalue weighted by Gasteiger charge is -2.11. The molecule has 0 atom stereocenters. The fourth-order valence-electron chi connectivity index (χ4n) is 2.63. The molecular weight excluding hydrogens is 316 g/mol. The summed E-state index contributed by atoms with van der Waals surface area (Å²) in [7, 11) is 0. The summed E-state index contributed by atoms with van der Waals surface area (Å²) in [4.78, 5) is 8.04. The van der Waals surface area contributed by atoms with Crippen molar-refractivity contribution in [2.45, 2.75) is 0 Å². The van der Waals surface area contributed by atoms with Gasteiger partial charge in [0.1, 0.15) is 16.8 Å². The molecule has 0 radical (unpaired) electrons. The van der Waals surface area contributed by atoms with Crippen LogP contribution in [0, 0.1) is 10.8 Å². The zero-order valence-corrected chi connectivity index (χ0v) is 13.1. The van der Waals surface area contributed by atoms with Crippen LogP contribution in [0.2, 0.25) is 0 Å². The van der Waals surface area contributed by atoms with E-state index >= 15 is 0 Å². The predicted molar refractivity (Wildman–Crippen MR) is 94.2 cm³/mol. The molecule has 0 aliphatic carbocycles. The Bertz CT molecular complexity index is 1140. The minimum Gasteiger partial charge on any atom is -0.424 e. The van der Waals surface area contributed by atoms with Crippen molar-refractivity contribution in [3.8, 4) is 11.1 Å². The van der Waals surface area contributed by atoms with Crippen LogP contribution in [-0.2, 0) is 0 Å². The van der Waals surface area contributed by atoms with Gasteiger partial charge in [-0.05, 0) is 47.5 Å². The van der Waals surface area contributed by atoms with E-state index in [1.54, 1.807) is 36.8 Å². The number of fused-ring (bicyclic) bond motifs is 1. The molecule has 0 unspecified atom stereocenters. The van der Waals surface area contributed by atoms with Crippen LogP contribution in [0.1, 0.15) is 5.56 Å². The molecule has 0 aliphatic rings. The quantitative estimate of drug-likeness (QED) is 0.387. The number of hydrogen-bond acceptors (Lipinski definition) is 6. The molecule has 0 bridgehead atoms. The lowest BCUT2D eigenvalue weighted by atomic mass is 10.1. The minimum absolute atomic E-state index is 0.128. The maximum atomic E-state index is 8.38. The molecule has 7 heteroatoms. The molecule has 7 nitrogen and oxygen atoms in total. The van der Waals surface area contributed by atoms with Crippen molar-refractivity contribution in [3.05, 3.63) is 72.1 Å². The molecule has 122 valence electrons. The normalized spacial score (nSPS) is 10.9. The van der Waals surface area contributed by atoms with Crippen molar-refractivity contribution in [3.63, 3.8) is 0 Å². The first-order valence-corrected chi connectivity index (χ1v) is 7.55. The molecule has 0 aliphatic heterocycles. The third-order valence-electron chi connectivity index (χ3n) is 3.88. The summed E-state index contributed by atoms with van der Waals surface area (Å²) in [5.74, 6) is 0.208. The summed E-state index contributed by atoms with van der Waals surface area (Å²) in [5.41, 5.74) is 9.52. The van der Waals surface area contributed by atoms with E-state index in [1.807, 2.05) is 24.3 Å². The standard InChI is InChI=1S/C18H14N6O/c19-16-4-2-13(10-24(16)17(20)11-5-7-22-8-6-11)12-1-3-14-15(9-12)25-18(21)23-14/h1-10,19-20H,(H2,21,23). The lowest BCUT2D eigenvalue weighted by molar-refractivity contribution is 0.626. The topological polar surface area (TPSA) is 118 Å². The number of pyridine rings is 2. The van der Waals surface area contributed by atoms with Crippen LogP contribution in [0.5, 0.6) is 0 Å². The van der Waals surface area contributed by atoms with E-state index in [2.05, 4.69) is 9.97 Å². The number of nitrogens with one attached hydrogen (secondary N) is 2. The van der Waals surface area contributed by atoms with Gasteiger partial charge in [0.2, 0.25) is 0 Å². The number of anilines is 1. The van der Waals surface area contributed by atoms with Gasteiger partial charge in [-0.1, -0.05) is 6.07 Å². The summed E-state index contributed by atoms with van der Waals surface area (Å²) in [6.45, 7) is 0. The Morgan fingerprint density at radius 2 is 1.80 bits per heavy atom. The molecule has 1 aromatic carbocycles. The van der Waals surface area contributed by atoms with E-state index in [4.69, 9.17) is 21.0 Å². The molecule has 0 saturated carbocycles. The van der Waals surface area contributed by atoms with Crippen molar-refractivity contribution >= 4 is 22.9 Å². The highest BCUT2D eigenvalue weighted by atomic mass is 16.4. The first-order valence-electron chi connectivity index (χ1n) is 7.55. The van der Waals surface area contributed by atoms with E-state index in [1.165, 1.54) is 4.57 Å². The molecule has 4 aromatic rings. The monoisotopic (exact) mass is 330 g/mol. The Morgan fingerprint density at radius 1 is 1.04 bits per heavy atom. The van der Waals surface area contributed by atoms with Gasteiger partial charge in [-0.2, -0.15) is 4.98 Å². The molecule has 4 N–H and O–H groups in total. The van der Waals surface area contributed by atoms with E-state index < -0.39 is 0 Å². The average molecular weight is 330 g/mol. The van der Waals surface area contributed by atoms with Crippen molar-refractivity contribution in [1.29, 1.82) is 10.8 Å². The summed E-state index contributed by atoms with van der Waals surface area (Å²) in [6.07, 6.45) is 5.01. The number of aromatic nitrogens is 3. The fourth-order valence-corrected chi connectivity index (χ4v) is 2.63. The molecule has 4 rings (SSSR count). The predicted octanol–water partition coefficient (Wildman–Crippen LogP) is 2.63. The second-order valence-electron chi connectivity index (χ2n) is 5.49. The van der Waals surface area contributed by atoms with Crippen LogP contribution in [0.15, 0.2) is 65.5 Å². The van der Waals surface area contributed by atoms with E-state index in [-0.39, 0.29) is 17.3 Å². The Hall–Kier alpha value is -3.74. The Kier molecular flexibility index (Phi) is 3.39. The van der Waals surface area contributed by atoms with Gasteiger partial charge in [0.25, 0.3) is 6.01 Å². The molecule has 0 amide bonds. The molecule has 3 aromatic heterocycles. The van der Waals surface area contributed by atoms with Crippen LogP contribution in [0.4, 0.5) is 6.01 Å². The maximum absolute atomic E-state index is 8.38. The van der Waals surface area contributed by atoms with Gasteiger partial charge in [0.05, 0.1) is 0 Å². The largest absolute Gasteiger partial charge is 0.424 e. The van der Waals surface area contributed by atoms with Crippen molar-refractivity contribution < 1.29 is 4.42 Å². The average Bonchev–Trinajstić information content (AvgIpc) is 3.01. The number of nitrogens with zero attached hydrogens (tertiary/aromatic N) is 3. The van der Waals surface area contributed by atoms with Crippen LogP contribution in [0.3, 0.4) is 0 Å². The molecule has 0 saturated heterocycles. The first kappa shape index (κ1) is 14.8. The van der Waals surface area contributed by atoms with Crippen LogP contribution >= 0.6 is 0 Å². The van der Waals surface area contributed by atoms with E-state index in [0.717, 1.165) is 11.1 Å². The number of nitrogen functional groups attached to an aromatic ring is 1. The number of oxazole rings is 1. The van der Waals surface area contributed by atoms with Crippen molar-refractivity contribution in [2.24, 2.45) is 0 Å². The Morgan fingerprint density at radius 3 is 2.60 bits per heavy atom. The summed E-state index contributed by atoms with van der Waals surface area (Å²) < 4.78 is 6.89. The van der Waals surface area contributed by atoms with Crippen molar-refractivity contribution in [1.82, 2.24) is 14.5 Å². The number of nitrogens with two attached hydrogens (primary N) is 1. The number of benzene rings is 1. The summed E-state index contributed by atoms with van der Waals surface area (Å²) >= 11 is 0. The molecule has 25 heavy (non-hydrogen) atoms. The van der Waals surface area contributed by atoms with Crippen molar-refractivity contribution in [2.75, 3.05) is 5.73 Å². The van der Waals surface area contributed by atoms with E-state index in [9.17, 15) is 0 Å². The minimum atomic E-state index is 0.128. The Labute approximate surface area is 142 Å². The van der Waals surface area contributed by atoms with Crippen LogP contribution < -0.4 is 11.2 Å². The van der Waals surface area contributed by atoms with Crippen LogP contribution in [0.25, 0.3) is 22.2 Å². The number of rotatable bonds is 2. The molecule has 3 heterocycles. The molecule has 0 spiro atoms. The maximum Gasteiger partial charge on any atom is 0.292 e. The summed E-state index contributed by atoms with van der Waals surface area (Å²) in [5, 5.41) is 16.5. The highest BCUT2D eigenvalue weighted by Gasteiger charge is 2.09. The molecule has 0 fully saturated rings. The lowest BCUT2D eigenvalue weighted by Crippen LogP contribution is -2.26. The second kappa shape index (κ2) is 5.72. The smallest absolute Gasteiger partial charge is 0.292 e. The van der Waals surface area contributed by atoms with Gasteiger partial charge in [0, 0.05) is 24.2 Å². The Balaban J connectivity index is 1.80. The van der Waals surface area contributed by atoms with Gasteiger partial charge in [0.15, 0.2) is 5.58 Å². The van der Waals surface area contributed by atoms with Gasteiger partial charge in [-0.25, -0.2) is 0 Å². The second-order valence-corrected chi connectivity index (χ2v) is 5.49. The van der Waals surface area contributed by atoms with Gasteiger partial charge in [-0.3, -0.25) is 20.4 Å². The van der Waals surface area contributed by atoms with Crippen LogP contribution in [-0.4, -0.2) is 20.4 Å². The third-order valence-corrected chi connectivity index (χ3v) is 3.88. The highest BCUT2D eigenvalue weighted by molar-refractivity contribution is 5.98. The SMILES string of the molecule is N=C(c1ccncc1)n1cc(-c2ccc3nc(N)oc3c2)ccc1=N. The molecular formula is C18H14N6O. The number of hydrogen-bond donors (Lipinski definition) is 3. The first-order chi connectivity index (χ1) is 12.1. The summed E-state index contributed by atoms with van der Waals surface area (Å²) in [6, 6.07) is 12.7. The van der Waals surface area contributed by atoms with Gasteiger partial charge < -0.3 is 10.2 Å². The van der Waals surface area contributed by atoms with Gasteiger partial charge >= 0.3 is 0 Å². The zero-order chi connectivity index (χ0) is 17.4. The van der Waals surface area contributed by atoms with Gasteiger partial charge in [-0.15, -0.1) is 0 Å². The fraction of sp³-hybridized carbons (Fsp3) is 0.